The molecule has 0 bridgehead atoms. The van der Waals surface area contributed by atoms with Crippen LogP contribution in [0.4, 0.5) is 0 Å². The highest BCUT2D eigenvalue weighted by Gasteiger charge is 2.48. The largest absolute Gasteiger partial charge is 0.378 e. The maximum atomic E-state index is 6.17. The minimum absolute atomic E-state index is 0.00215. The molecule has 21 heavy (non-hydrogen) atoms. The summed E-state index contributed by atoms with van der Waals surface area (Å²) >= 11 is 0. The first-order valence-electron chi connectivity index (χ1n) is 8.77. The molecule has 0 radical (unpaired) electrons. The summed E-state index contributed by atoms with van der Waals surface area (Å²) in [6.07, 6.45) is 6.86. The first-order chi connectivity index (χ1) is 10.2. The molecular weight excluding hydrogens is 266 g/mol. The number of hydrogen-bond donors (Lipinski definition) is 1. The first kappa shape index (κ1) is 15.7. The van der Waals surface area contributed by atoms with E-state index in [4.69, 9.17) is 14.2 Å². The van der Waals surface area contributed by atoms with Crippen LogP contribution < -0.4 is 5.32 Å². The van der Waals surface area contributed by atoms with Crippen LogP contribution in [0.2, 0.25) is 0 Å². The van der Waals surface area contributed by atoms with Crippen molar-refractivity contribution in [3.05, 3.63) is 0 Å². The Morgan fingerprint density at radius 1 is 1.19 bits per heavy atom. The van der Waals surface area contributed by atoms with Gasteiger partial charge in [-0.1, -0.05) is 6.92 Å². The maximum Gasteiger partial charge on any atom is 0.0939 e. The van der Waals surface area contributed by atoms with Crippen LogP contribution in [0.3, 0.4) is 0 Å². The van der Waals surface area contributed by atoms with E-state index in [9.17, 15) is 0 Å². The molecule has 0 aromatic carbocycles. The van der Waals surface area contributed by atoms with E-state index < -0.39 is 0 Å². The van der Waals surface area contributed by atoms with Gasteiger partial charge in [0.2, 0.25) is 0 Å². The van der Waals surface area contributed by atoms with E-state index in [0.717, 1.165) is 52.2 Å². The lowest BCUT2D eigenvalue weighted by Crippen LogP contribution is -2.56. The molecule has 0 saturated carbocycles. The highest BCUT2D eigenvalue weighted by atomic mass is 16.6. The molecule has 0 aliphatic carbocycles. The molecule has 1 spiro atoms. The molecule has 4 unspecified atom stereocenters. The Balaban J connectivity index is 1.72. The number of rotatable bonds is 5. The zero-order valence-corrected chi connectivity index (χ0v) is 13.7. The van der Waals surface area contributed by atoms with Crippen LogP contribution in [-0.4, -0.2) is 50.2 Å². The van der Waals surface area contributed by atoms with Crippen molar-refractivity contribution in [2.45, 2.75) is 69.6 Å². The van der Waals surface area contributed by atoms with Gasteiger partial charge in [0.1, 0.15) is 0 Å². The van der Waals surface area contributed by atoms with E-state index >= 15 is 0 Å². The van der Waals surface area contributed by atoms with Crippen molar-refractivity contribution in [2.75, 3.05) is 33.0 Å². The van der Waals surface area contributed by atoms with Gasteiger partial charge in [-0.05, 0) is 51.5 Å². The molecule has 1 N–H and O–H groups in total. The van der Waals surface area contributed by atoms with Crippen LogP contribution in [-0.2, 0) is 14.2 Å². The normalized spacial score (nSPS) is 41.7. The third-order valence-corrected chi connectivity index (χ3v) is 5.59. The van der Waals surface area contributed by atoms with Gasteiger partial charge in [-0.15, -0.1) is 0 Å². The van der Waals surface area contributed by atoms with Crippen molar-refractivity contribution < 1.29 is 14.2 Å². The van der Waals surface area contributed by atoms with Crippen LogP contribution >= 0.6 is 0 Å². The standard InChI is InChI=1S/C17H31NO3/c1-3-8-18-15(16(2)6-4-9-20-16)14-5-10-21-17(12-14)7-11-19-13-17/h14-15,18H,3-13H2,1-2H3. The molecule has 3 saturated heterocycles. The fourth-order valence-corrected chi connectivity index (χ4v) is 4.44. The fraction of sp³-hybridized carbons (Fsp3) is 1.00. The molecule has 0 amide bonds. The molecule has 0 aromatic rings. The topological polar surface area (TPSA) is 39.7 Å². The van der Waals surface area contributed by atoms with Gasteiger partial charge in [0.25, 0.3) is 0 Å². The molecule has 0 aromatic heterocycles. The van der Waals surface area contributed by atoms with Gasteiger partial charge >= 0.3 is 0 Å². The van der Waals surface area contributed by atoms with Crippen molar-refractivity contribution in [3.63, 3.8) is 0 Å². The van der Waals surface area contributed by atoms with Gasteiger partial charge in [-0.2, -0.15) is 0 Å². The van der Waals surface area contributed by atoms with E-state index in [2.05, 4.69) is 19.2 Å². The van der Waals surface area contributed by atoms with Crippen molar-refractivity contribution in [1.82, 2.24) is 5.32 Å². The maximum absolute atomic E-state index is 6.17. The molecule has 3 rings (SSSR count). The van der Waals surface area contributed by atoms with Gasteiger partial charge in [0, 0.05) is 32.3 Å². The van der Waals surface area contributed by atoms with E-state index in [0.29, 0.717) is 12.0 Å². The summed E-state index contributed by atoms with van der Waals surface area (Å²) in [5.74, 6) is 0.634. The lowest BCUT2D eigenvalue weighted by molar-refractivity contribution is -0.121. The number of nitrogens with one attached hydrogen (secondary N) is 1. The van der Waals surface area contributed by atoms with Crippen molar-refractivity contribution >= 4 is 0 Å². The first-order valence-corrected chi connectivity index (χ1v) is 8.77. The summed E-state index contributed by atoms with van der Waals surface area (Å²) in [4.78, 5) is 0. The molecule has 4 heteroatoms. The van der Waals surface area contributed by atoms with Crippen LogP contribution in [0.25, 0.3) is 0 Å². The predicted molar refractivity (Wildman–Crippen MR) is 82.5 cm³/mol. The Morgan fingerprint density at radius 2 is 2.10 bits per heavy atom. The Labute approximate surface area is 128 Å². The van der Waals surface area contributed by atoms with Gasteiger partial charge < -0.3 is 19.5 Å². The average Bonchev–Trinajstić information content (AvgIpc) is 3.10. The Kier molecular flexibility index (Phi) is 4.89. The molecular formula is C17H31NO3. The van der Waals surface area contributed by atoms with Crippen LogP contribution in [0.1, 0.15) is 52.4 Å². The SMILES string of the molecule is CCCNC(C1CCOC2(CCOC2)C1)C1(C)CCCO1. The molecule has 3 fully saturated rings. The summed E-state index contributed by atoms with van der Waals surface area (Å²) in [5.41, 5.74) is -0.0120. The second-order valence-corrected chi connectivity index (χ2v) is 7.28. The zero-order valence-electron chi connectivity index (χ0n) is 13.7. The summed E-state index contributed by atoms with van der Waals surface area (Å²) in [6.45, 7) is 9.03. The molecule has 3 aliphatic heterocycles. The van der Waals surface area contributed by atoms with Crippen LogP contribution in [0.15, 0.2) is 0 Å². The molecule has 3 aliphatic rings. The quantitative estimate of drug-likeness (QED) is 0.846. The summed E-state index contributed by atoms with van der Waals surface area (Å²) < 4.78 is 17.9. The molecule has 3 heterocycles. The number of hydrogen-bond acceptors (Lipinski definition) is 4. The summed E-state index contributed by atoms with van der Waals surface area (Å²) in [5, 5.41) is 3.81. The van der Waals surface area contributed by atoms with Crippen molar-refractivity contribution in [3.8, 4) is 0 Å². The second-order valence-electron chi connectivity index (χ2n) is 7.28. The Bertz CT molecular complexity index is 335. The minimum Gasteiger partial charge on any atom is -0.378 e. The van der Waals surface area contributed by atoms with Crippen LogP contribution in [0.5, 0.6) is 0 Å². The van der Waals surface area contributed by atoms with E-state index in [1.165, 1.54) is 19.3 Å². The highest BCUT2D eigenvalue weighted by Crippen LogP contribution is 2.42. The summed E-state index contributed by atoms with van der Waals surface area (Å²) in [7, 11) is 0. The second kappa shape index (κ2) is 6.53. The highest BCUT2D eigenvalue weighted by molar-refractivity contribution is 5.01. The Hall–Kier alpha value is -0.160. The molecule has 4 nitrogen and oxygen atoms in total. The average molecular weight is 297 g/mol. The van der Waals surface area contributed by atoms with E-state index in [1.54, 1.807) is 0 Å². The van der Waals surface area contributed by atoms with Gasteiger partial charge in [0.15, 0.2) is 0 Å². The Morgan fingerprint density at radius 3 is 2.76 bits per heavy atom. The van der Waals surface area contributed by atoms with E-state index in [-0.39, 0.29) is 11.2 Å². The lowest BCUT2D eigenvalue weighted by Gasteiger charge is -2.45. The molecule has 122 valence electrons. The third kappa shape index (κ3) is 3.29. The van der Waals surface area contributed by atoms with Gasteiger partial charge in [-0.3, -0.25) is 0 Å². The minimum atomic E-state index is -0.00990. The fourth-order valence-electron chi connectivity index (χ4n) is 4.44. The predicted octanol–water partition coefficient (Wildman–Crippen LogP) is 2.51. The molecule has 4 atom stereocenters. The van der Waals surface area contributed by atoms with Crippen LogP contribution in [0, 0.1) is 5.92 Å². The smallest absolute Gasteiger partial charge is 0.0939 e. The monoisotopic (exact) mass is 297 g/mol. The third-order valence-electron chi connectivity index (χ3n) is 5.59. The van der Waals surface area contributed by atoms with Crippen molar-refractivity contribution in [1.29, 1.82) is 0 Å². The van der Waals surface area contributed by atoms with Gasteiger partial charge in [-0.25, -0.2) is 0 Å². The number of ether oxygens (including phenoxy) is 3. The zero-order chi connectivity index (χ0) is 14.8. The van der Waals surface area contributed by atoms with Crippen molar-refractivity contribution in [2.24, 2.45) is 5.92 Å². The summed E-state index contributed by atoms with van der Waals surface area (Å²) in [6, 6.07) is 0.446. The van der Waals surface area contributed by atoms with E-state index in [1.807, 2.05) is 0 Å². The lowest BCUT2D eigenvalue weighted by atomic mass is 9.75. The van der Waals surface area contributed by atoms with Gasteiger partial charge in [0.05, 0.1) is 17.8 Å².